The molecule has 4 saturated heterocycles. The van der Waals surface area contributed by atoms with Gasteiger partial charge in [0.05, 0.1) is 6.42 Å². The number of rotatable bonds is 1. The molecule has 2 amide bonds. The molecule has 4 fully saturated rings. The van der Waals surface area contributed by atoms with Gasteiger partial charge in [-0.2, -0.15) is 0 Å². The van der Waals surface area contributed by atoms with Gasteiger partial charge in [-0.3, -0.25) is 9.59 Å². The SMILES string of the molecule is [C-]#[N+][C@@]1(C)C[C@@]23SSC(C)(C(=O)N2[C@H]1c1cc(C)c2c(c1)OCO2)N(C)C3=O. The van der Waals surface area contributed by atoms with E-state index in [4.69, 9.17) is 16.0 Å². The molecule has 7 nitrogen and oxygen atoms in total. The molecule has 9 heteroatoms. The summed E-state index contributed by atoms with van der Waals surface area (Å²) in [6.07, 6.45) is 0.296. The molecule has 0 N–H and O–H groups in total. The number of fused-ring (bicyclic) bond motifs is 3. The second-order valence-corrected chi connectivity index (χ2v) is 10.9. The number of nitrogens with zero attached hydrogens (tertiary/aromatic N) is 3. The molecule has 0 saturated carbocycles. The average Bonchev–Trinajstić information content (AvgIpc) is 3.24. The van der Waals surface area contributed by atoms with Gasteiger partial charge in [-0.25, -0.2) is 6.57 Å². The zero-order valence-corrected chi connectivity index (χ0v) is 17.6. The van der Waals surface area contributed by atoms with Crippen molar-refractivity contribution in [2.75, 3.05) is 13.8 Å². The summed E-state index contributed by atoms with van der Waals surface area (Å²) in [6.45, 7) is 13.6. The summed E-state index contributed by atoms with van der Waals surface area (Å²) < 4.78 is 11.1. The van der Waals surface area contributed by atoms with Crippen LogP contribution in [0, 0.1) is 13.5 Å². The van der Waals surface area contributed by atoms with Gasteiger partial charge in [0.2, 0.25) is 6.79 Å². The van der Waals surface area contributed by atoms with Gasteiger partial charge in [-0.05, 0) is 37.1 Å². The number of hydrogen-bond acceptors (Lipinski definition) is 6. The summed E-state index contributed by atoms with van der Waals surface area (Å²) in [4.78, 5) is 32.1. The normalized spacial score (nSPS) is 38.0. The molecule has 5 heterocycles. The van der Waals surface area contributed by atoms with Crippen LogP contribution in [0.15, 0.2) is 12.1 Å². The molecular formula is C19H19N3O4S2. The maximum Gasteiger partial charge on any atom is 0.262 e. The topological polar surface area (TPSA) is 63.4 Å². The lowest BCUT2D eigenvalue weighted by Gasteiger charge is -2.57. The summed E-state index contributed by atoms with van der Waals surface area (Å²) in [6, 6.07) is 3.27. The number of benzene rings is 1. The molecule has 0 aromatic heterocycles. The second kappa shape index (κ2) is 5.30. The summed E-state index contributed by atoms with van der Waals surface area (Å²) in [5.74, 6) is 1.09. The van der Waals surface area contributed by atoms with E-state index in [-0.39, 0.29) is 18.6 Å². The summed E-state index contributed by atoms with van der Waals surface area (Å²) >= 11 is 0. The van der Waals surface area contributed by atoms with E-state index in [1.165, 1.54) is 21.6 Å². The smallest absolute Gasteiger partial charge is 0.262 e. The Hall–Kier alpha value is -2.05. The minimum Gasteiger partial charge on any atom is -0.454 e. The third kappa shape index (κ3) is 1.88. The Morgan fingerprint density at radius 1 is 1.21 bits per heavy atom. The minimum absolute atomic E-state index is 0.104. The third-order valence-electron chi connectivity index (χ3n) is 6.32. The molecule has 5 aliphatic heterocycles. The predicted octanol–water partition coefficient (Wildman–Crippen LogP) is 2.95. The first-order valence-corrected chi connectivity index (χ1v) is 11.1. The number of amides is 2. The first-order chi connectivity index (χ1) is 13.2. The number of carbonyl (C=O) groups excluding carboxylic acids is 2. The van der Waals surface area contributed by atoms with Crippen molar-refractivity contribution in [3.63, 3.8) is 0 Å². The van der Waals surface area contributed by atoms with E-state index in [9.17, 15) is 9.59 Å². The lowest BCUT2D eigenvalue weighted by atomic mass is 9.86. The number of carbonyl (C=O) groups is 2. The highest BCUT2D eigenvalue weighted by molar-refractivity contribution is 8.78. The highest BCUT2D eigenvalue weighted by atomic mass is 33.1. The Morgan fingerprint density at radius 2 is 1.96 bits per heavy atom. The van der Waals surface area contributed by atoms with Gasteiger partial charge in [0.1, 0.15) is 6.04 Å². The van der Waals surface area contributed by atoms with Crippen LogP contribution in [0.3, 0.4) is 0 Å². The summed E-state index contributed by atoms with van der Waals surface area (Å²) in [7, 11) is 4.52. The van der Waals surface area contributed by atoms with Crippen LogP contribution >= 0.6 is 21.6 Å². The molecule has 146 valence electrons. The molecule has 1 unspecified atom stereocenters. The van der Waals surface area contributed by atoms with Crippen LogP contribution in [0.2, 0.25) is 0 Å². The van der Waals surface area contributed by atoms with Crippen LogP contribution in [0.1, 0.15) is 37.4 Å². The number of hydrogen-bond donors (Lipinski definition) is 0. The van der Waals surface area contributed by atoms with Crippen molar-refractivity contribution in [1.29, 1.82) is 0 Å². The van der Waals surface area contributed by atoms with E-state index in [0.717, 1.165) is 11.1 Å². The van der Waals surface area contributed by atoms with E-state index < -0.39 is 21.3 Å². The third-order valence-corrected chi connectivity index (χ3v) is 10.0. The first-order valence-electron chi connectivity index (χ1n) is 8.95. The Labute approximate surface area is 170 Å². The molecule has 0 aliphatic carbocycles. The lowest BCUT2D eigenvalue weighted by Crippen LogP contribution is -2.73. The van der Waals surface area contributed by atoms with Gasteiger partial charge in [0.25, 0.3) is 17.4 Å². The van der Waals surface area contributed by atoms with Crippen LogP contribution < -0.4 is 9.47 Å². The quantitative estimate of drug-likeness (QED) is 0.517. The van der Waals surface area contributed by atoms with Crippen molar-refractivity contribution in [3.05, 3.63) is 34.7 Å². The van der Waals surface area contributed by atoms with Crippen LogP contribution in [-0.2, 0) is 9.59 Å². The minimum atomic E-state index is -1.05. The Bertz CT molecular complexity index is 994. The fourth-order valence-corrected chi connectivity index (χ4v) is 8.34. The Balaban J connectivity index is 1.73. The van der Waals surface area contributed by atoms with Gasteiger partial charge < -0.3 is 24.1 Å². The molecule has 6 rings (SSSR count). The largest absolute Gasteiger partial charge is 0.454 e. The molecule has 2 bridgehead atoms. The van der Waals surface area contributed by atoms with Crippen molar-refractivity contribution < 1.29 is 19.1 Å². The maximum absolute atomic E-state index is 13.6. The number of aryl methyl sites for hydroxylation is 1. The predicted molar refractivity (Wildman–Crippen MR) is 106 cm³/mol. The standard InChI is InChI=1S/C19H19N3O4S2/c1-10-6-11(7-12-13(10)26-9-25-12)14-17(2,20-4)8-19-16(24)21(5)18(3,27-28-19)15(23)22(14)19/h6-7,14H,8-9H2,1-3,5H3/t14-,17-,18?,19-/m0/s1. The van der Waals surface area contributed by atoms with Gasteiger partial charge in [0.15, 0.2) is 21.2 Å². The molecule has 28 heavy (non-hydrogen) atoms. The Kier molecular flexibility index (Phi) is 3.41. The molecule has 1 aromatic rings. The maximum atomic E-state index is 13.6. The lowest BCUT2D eigenvalue weighted by molar-refractivity contribution is -0.164. The van der Waals surface area contributed by atoms with Crippen LogP contribution in [-0.4, -0.2) is 50.7 Å². The van der Waals surface area contributed by atoms with Crippen molar-refractivity contribution in [2.45, 2.75) is 48.5 Å². The second-order valence-electron chi connectivity index (χ2n) is 8.09. The van der Waals surface area contributed by atoms with E-state index in [1.54, 1.807) is 23.8 Å². The van der Waals surface area contributed by atoms with Crippen molar-refractivity contribution in [3.8, 4) is 11.5 Å². The summed E-state index contributed by atoms with van der Waals surface area (Å²) in [5, 5.41) is 0. The van der Waals surface area contributed by atoms with Crippen molar-refractivity contribution >= 4 is 33.4 Å². The van der Waals surface area contributed by atoms with Crippen molar-refractivity contribution in [2.24, 2.45) is 0 Å². The van der Waals surface area contributed by atoms with E-state index in [2.05, 4.69) is 4.85 Å². The van der Waals surface area contributed by atoms with Crippen LogP contribution in [0.5, 0.6) is 11.5 Å². The molecule has 5 aliphatic rings. The Morgan fingerprint density at radius 3 is 2.68 bits per heavy atom. The van der Waals surface area contributed by atoms with Gasteiger partial charge in [-0.15, -0.1) is 0 Å². The fraction of sp³-hybridized carbons (Fsp3) is 0.526. The van der Waals surface area contributed by atoms with E-state index in [1.807, 2.05) is 26.0 Å². The zero-order chi connectivity index (χ0) is 20.1. The van der Waals surface area contributed by atoms with Gasteiger partial charge in [0, 0.05) is 14.0 Å². The zero-order valence-electron chi connectivity index (χ0n) is 15.9. The highest BCUT2D eigenvalue weighted by Crippen LogP contribution is 2.68. The highest BCUT2D eigenvalue weighted by Gasteiger charge is 2.77. The fourth-order valence-electron chi connectivity index (χ4n) is 4.76. The molecule has 1 spiro atoms. The van der Waals surface area contributed by atoms with Gasteiger partial charge in [-0.1, -0.05) is 21.6 Å². The number of likely N-dealkylation sites (N-methyl/N-ethyl adjacent to an activating group) is 1. The number of ether oxygens (including phenoxy) is 2. The molecule has 0 radical (unpaired) electrons. The van der Waals surface area contributed by atoms with E-state index >= 15 is 0 Å². The van der Waals surface area contributed by atoms with Crippen LogP contribution in [0.4, 0.5) is 0 Å². The van der Waals surface area contributed by atoms with Gasteiger partial charge >= 0.3 is 0 Å². The van der Waals surface area contributed by atoms with E-state index in [0.29, 0.717) is 17.9 Å². The summed E-state index contributed by atoms with van der Waals surface area (Å²) in [5.41, 5.74) is 0.780. The first kappa shape index (κ1) is 18.0. The molecular weight excluding hydrogens is 398 g/mol. The average molecular weight is 418 g/mol. The molecule has 1 aromatic carbocycles. The monoisotopic (exact) mass is 417 g/mol. The number of piperazine rings is 1. The van der Waals surface area contributed by atoms with Crippen molar-refractivity contribution in [1.82, 2.24) is 9.80 Å². The van der Waals surface area contributed by atoms with Crippen LogP contribution in [0.25, 0.3) is 4.85 Å². The molecule has 4 atom stereocenters.